The van der Waals surface area contributed by atoms with Crippen molar-refractivity contribution >= 4 is 31.5 Å². The van der Waals surface area contributed by atoms with Gasteiger partial charge in [0.1, 0.15) is 0 Å². The second-order valence-electron chi connectivity index (χ2n) is 23.4. The predicted octanol–water partition coefficient (Wildman–Crippen LogP) is 23.1. The molecule has 0 N–H and O–H groups in total. The Morgan fingerprint density at radius 2 is 0.697 bits per heavy atom. The van der Waals surface area contributed by atoms with Crippen LogP contribution in [-0.2, 0) is 40.9 Å². The molecule has 0 unspecified atom stereocenters. The Bertz CT molecular complexity index is 3280. The van der Waals surface area contributed by atoms with Crippen molar-refractivity contribution in [2.45, 2.75) is 179 Å². The summed E-state index contributed by atoms with van der Waals surface area (Å²) < 4.78 is 2.78. The van der Waals surface area contributed by atoms with Crippen LogP contribution in [-0.4, -0.2) is 0 Å². The molecule has 0 nitrogen and oxygen atoms in total. The average molecular weight is 1030 g/mol. The Morgan fingerprint density at radius 1 is 0.289 bits per heavy atom. The van der Waals surface area contributed by atoms with E-state index in [0.717, 1.165) is 19.3 Å². The van der Waals surface area contributed by atoms with Crippen LogP contribution in [0.25, 0.3) is 53.6 Å². The lowest BCUT2D eigenvalue weighted by Gasteiger charge is -2.23. The molecule has 3 aliphatic rings. The van der Waals surface area contributed by atoms with Crippen LogP contribution >= 0.6 is 11.3 Å². The number of rotatable bonds is 0. The fourth-order valence-electron chi connectivity index (χ4n) is 10.5. The first-order valence-corrected chi connectivity index (χ1v) is 29.6. The summed E-state index contributed by atoms with van der Waals surface area (Å²) in [6.45, 7) is 43.4. The molecule has 1 heterocycles. The minimum absolute atomic E-state index is 0.211. The van der Waals surface area contributed by atoms with Crippen molar-refractivity contribution in [3.63, 3.8) is 0 Å². The highest BCUT2D eigenvalue weighted by molar-refractivity contribution is 7.25. The van der Waals surface area contributed by atoms with Crippen LogP contribution in [0.5, 0.6) is 0 Å². The highest BCUT2D eigenvalue weighted by Gasteiger charge is 2.28. The van der Waals surface area contributed by atoms with Gasteiger partial charge >= 0.3 is 0 Å². The van der Waals surface area contributed by atoms with E-state index in [4.69, 9.17) is 0 Å². The van der Waals surface area contributed by atoms with Crippen molar-refractivity contribution in [3.05, 3.63) is 225 Å². The Kier molecular flexibility index (Phi) is 21.1. The smallest absolute Gasteiger partial charge is 0.0358 e. The molecule has 12 rings (SSSR count). The van der Waals surface area contributed by atoms with Crippen LogP contribution < -0.4 is 0 Å². The maximum Gasteiger partial charge on any atom is 0.0358 e. The molecule has 400 valence electrons. The Morgan fingerprint density at radius 3 is 1.29 bits per heavy atom. The van der Waals surface area contributed by atoms with Gasteiger partial charge in [0.2, 0.25) is 0 Å². The SMILES string of the molecule is CC.CC.CC.CC.CC(C)(C)c1ccc2c(c1)-c1ccccc1C2.CC(C)(C)c1ccc2c(c1)sc1ccccc12.CC(C)(C)c1cccc2c1-c1ccccc1C2.CC(C)(C)c1cccc2c1Cc1ccccc1-2. The van der Waals surface area contributed by atoms with Gasteiger partial charge in [0.15, 0.2) is 0 Å². The molecule has 3 aliphatic carbocycles. The molecule has 1 heteroatoms. The van der Waals surface area contributed by atoms with Crippen LogP contribution in [0, 0.1) is 0 Å². The number of fused-ring (bicyclic) bond motifs is 12. The van der Waals surface area contributed by atoms with E-state index in [1.165, 1.54) is 109 Å². The third kappa shape index (κ3) is 13.9. The fraction of sp³-hybridized carbons (Fsp3) is 0.360. The van der Waals surface area contributed by atoms with Gasteiger partial charge in [0.05, 0.1) is 0 Å². The number of thiophene rings is 1. The van der Waals surface area contributed by atoms with Gasteiger partial charge in [-0.2, -0.15) is 0 Å². The van der Waals surface area contributed by atoms with Gasteiger partial charge in [-0.05, 0) is 142 Å². The fourth-order valence-corrected chi connectivity index (χ4v) is 11.6. The summed E-state index contributed by atoms with van der Waals surface area (Å²) in [7, 11) is 0. The number of hydrogen-bond donors (Lipinski definition) is 0. The highest BCUT2D eigenvalue weighted by atomic mass is 32.1. The highest BCUT2D eigenvalue weighted by Crippen LogP contribution is 2.44. The van der Waals surface area contributed by atoms with Gasteiger partial charge in [-0.25, -0.2) is 0 Å². The summed E-state index contributed by atoms with van der Waals surface area (Å²) in [5.41, 5.74) is 24.2. The molecule has 0 atom stereocenters. The zero-order valence-electron chi connectivity index (χ0n) is 50.7. The molecule has 0 bridgehead atoms. The lowest BCUT2D eigenvalue weighted by Crippen LogP contribution is -2.13. The maximum atomic E-state index is 2.38. The molecule has 0 aliphatic heterocycles. The summed E-state index contributed by atoms with van der Waals surface area (Å²) in [5.74, 6) is 0. The number of benzene rings is 8. The number of hydrogen-bond acceptors (Lipinski definition) is 1. The van der Waals surface area contributed by atoms with E-state index in [1.807, 2.05) is 66.7 Å². The first-order chi connectivity index (χ1) is 36.3. The van der Waals surface area contributed by atoms with E-state index in [-0.39, 0.29) is 21.7 Å². The lowest BCUT2D eigenvalue weighted by atomic mass is 9.81. The molecule has 0 fully saturated rings. The molecule has 0 spiro atoms. The quantitative estimate of drug-likeness (QED) is 0.142. The molecule has 8 aromatic carbocycles. The van der Waals surface area contributed by atoms with Crippen LogP contribution in [0.2, 0.25) is 0 Å². The average Bonchev–Trinajstić information content (AvgIpc) is 4.21. The standard InChI is InChI=1S/3C17H18.C16H16S.4C2H6/c1-17(2,3)15-10-6-8-13-11-12-7-4-5-9-14(12)16(13)15;1-17(2,3)16-10-6-9-14-13-8-5-4-7-12(13)11-15(14)16;1-17(2,3)14-9-8-13-10-12-6-4-5-7-15(12)16(13)11-14;1-16(2,3)11-8-9-13-12-6-4-5-7-14(12)17-15(13)10-11;4*1-2/h2*4-10H,11H2,1-3H3;4-9,11H,10H2,1-3H3;4-10H,1-3H3;4*1-2H3. The molecule has 0 saturated heterocycles. The van der Waals surface area contributed by atoms with Gasteiger partial charge in [-0.1, -0.05) is 296 Å². The molecule has 76 heavy (non-hydrogen) atoms. The third-order valence-electron chi connectivity index (χ3n) is 14.2. The lowest BCUT2D eigenvalue weighted by molar-refractivity contribution is 0.585. The van der Waals surface area contributed by atoms with E-state index in [2.05, 4.69) is 253 Å². The largest absolute Gasteiger partial charge is 0.135 e. The van der Waals surface area contributed by atoms with Crippen molar-refractivity contribution in [1.29, 1.82) is 0 Å². The Labute approximate surface area is 467 Å². The second kappa shape index (κ2) is 26.4. The molecular weight excluding hydrogens is 933 g/mol. The van der Waals surface area contributed by atoms with E-state index in [0.29, 0.717) is 0 Å². The Balaban J connectivity index is 0.000000179. The van der Waals surface area contributed by atoms with Gasteiger partial charge in [-0.15, -0.1) is 11.3 Å². The van der Waals surface area contributed by atoms with Crippen LogP contribution in [0.1, 0.15) is 194 Å². The maximum absolute atomic E-state index is 2.38. The van der Waals surface area contributed by atoms with Gasteiger partial charge in [-0.3, -0.25) is 0 Å². The Hall–Kier alpha value is -6.02. The van der Waals surface area contributed by atoms with Crippen molar-refractivity contribution in [2.24, 2.45) is 0 Å². The van der Waals surface area contributed by atoms with Crippen LogP contribution in [0.3, 0.4) is 0 Å². The van der Waals surface area contributed by atoms with Crippen molar-refractivity contribution in [1.82, 2.24) is 0 Å². The summed E-state index contributed by atoms with van der Waals surface area (Å²) >= 11 is 1.89. The van der Waals surface area contributed by atoms with Crippen molar-refractivity contribution < 1.29 is 0 Å². The van der Waals surface area contributed by atoms with Gasteiger partial charge < -0.3 is 0 Å². The van der Waals surface area contributed by atoms with E-state index >= 15 is 0 Å². The molecule has 0 saturated carbocycles. The molecule has 1 aromatic heterocycles. The predicted molar refractivity (Wildman–Crippen MR) is 344 cm³/mol. The van der Waals surface area contributed by atoms with E-state index < -0.39 is 0 Å². The minimum Gasteiger partial charge on any atom is -0.135 e. The molecule has 0 radical (unpaired) electrons. The minimum atomic E-state index is 0.211. The van der Waals surface area contributed by atoms with Crippen molar-refractivity contribution in [2.75, 3.05) is 0 Å². The van der Waals surface area contributed by atoms with E-state index in [1.54, 1.807) is 0 Å². The van der Waals surface area contributed by atoms with Gasteiger partial charge in [0, 0.05) is 20.2 Å². The normalized spacial score (nSPS) is 12.1. The first-order valence-electron chi connectivity index (χ1n) is 28.8. The molecule has 9 aromatic rings. The summed E-state index contributed by atoms with van der Waals surface area (Å²) in [6.07, 6.45) is 3.28. The van der Waals surface area contributed by atoms with Crippen molar-refractivity contribution in [3.8, 4) is 33.4 Å². The topological polar surface area (TPSA) is 0 Å². The summed E-state index contributed by atoms with van der Waals surface area (Å²) in [6, 6.07) is 62.3. The summed E-state index contributed by atoms with van der Waals surface area (Å²) in [4.78, 5) is 0. The van der Waals surface area contributed by atoms with E-state index in [9.17, 15) is 0 Å². The van der Waals surface area contributed by atoms with Crippen LogP contribution in [0.15, 0.2) is 170 Å². The molecular formula is C75H94S. The van der Waals surface area contributed by atoms with Crippen LogP contribution in [0.4, 0.5) is 0 Å². The first kappa shape index (κ1) is 60.8. The zero-order chi connectivity index (χ0) is 56.2. The third-order valence-corrected chi connectivity index (χ3v) is 15.3. The second-order valence-corrected chi connectivity index (χ2v) is 24.4. The zero-order valence-corrected chi connectivity index (χ0v) is 51.5. The monoisotopic (exact) mass is 1030 g/mol. The van der Waals surface area contributed by atoms with Gasteiger partial charge in [0.25, 0.3) is 0 Å². The summed E-state index contributed by atoms with van der Waals surface area (Å²) in [5, 5.41) is 2.77. The molecule has 0 amide bonds.